The summed E-state index contributed by atoms with van der Waals surface area (Å²) in [6, 6.07) is 5.47. The van der Waals surface area contributed by atoms with E-state index in [4.69, 9.17) is 0 Å². The summed E-state index contributed by atoms with van der Waals surface area (Å²) in [6.07, 6.45) is 0.794. The van der Waals surface area contributed by atoms with Crippen LogP contribution in [0.15, 0.2) is 29.2 Å². The third-order valence-electron chi connectivity index (χ3n) is 3.38. The van der Waals surface area contributed by atoms with Crippen molar-refractivity contribution in [1.29, 1.82) is 0 Å². The van der Waals surface area contributed by atoms with Crippen LogP contribution in [0.25, 0.3) is 0 Å². The van der Waals surface area contributed by atoms with Gasteiger partial charge in [0.1, 0.15) is 10.7 Å². The molecule has 1 atom stereocenters. The van der Waals surface area contributed by atoms with Gasteiger partial charge in [-0.15, -0.1) is 0 Å². The van der Waals surface area contributed by atoms with E-state index < -0.39 is 15.8 Å². The standard InChI is InChI=1S/C14H21FN2O2S2/c1-16(2)10-12-11-20-9-5-8-17(12)21(18,19)14-7-4-3-6-13(14)15/h3-4,6-7,12H,5,8-11H2,1-2H3. The molecular weight excluding hydrogens is 311 g/mol. The van der Waals surface area contributed by atoms with Gasteiger partial charge in [-0.25, -0.2) is 12.8 Å². The molecule has 1 unspecified atom stereocenters. The molecule has 1 fully saturated rings. The van der Waals surface area contributed by atoms with Crippen LogP contribution in [0, 0.1) is 5.82 Å². The van der Waals surface area contributed by atoms with E-state index in [0.717, 1.165) is 17.9 Å². The lowest BCUT2D eigenvalue weighted by Crippen LogP contribution is -2.46. The second-order valence-corrected chi connectivity index (χ2v) is 8.40. The summed E-state index contributed by atoms with van der Waals surface area (Å²) in [5, 5.41) is 0. The normalized spacial score (nSPS) is 21.4. The van der Waals surface area contributed by atoms with E-state index in [0.29, 0.717) is 13.1 Å². The van der Waals surface area contributed by atoms with Crippen LogP contribution >= 0.6 is 11.8 Å². The number of benzene rings is 1. The monoisotopic (exact) mass is 332 g/mol. The molecule has 0 bridgehead atoms. The highest BCUT2D eigenvalue weighted by molar-refractivity contribution is 7.99. The van der Waals surface area contributed by atoms with E-state index in [1.165, 1.54) is 22.5 Å². The van der Waals surface area contributed by atoms with E-state index in [2.05, 4.69) is 0 Å². The van der Waals surface area contributed by atoms with E-state index in [1.54, 1.807) is 17.8 Å². The number of hydrogen-bond donors (Lipinski definition) is 0. The fourth-order valence-corrected chi connectivity index (χ4v) is 5.34. The molecule has 1 aliphatic heterocycles. The van der Waals surface area contributed by atoms with Crippen molar-refractivity contribution in [2.75, 3.05) is 38.7 Å². The molecule has 118 valence electrons. The molecule has 0 N–H and O–H groups in total. The highest BCUT2D eigenvalue weighted by atomic mass is 32.2. The lowest BCUT2D eigenvalue weighted by Gasteiger charge is -2.30. The quantitative estimate of drug-likeness (QED) is 0.844. The lowest BCUT2D eigenvalue weighted by atomic mass is 10.3. The third-order valence-corrected chi connectivity index (χ3v) is 6.57. The van der Waals surface area contributed by atoms with Gasteiger partial charge in [0.15, 0.2) is 0 Å². The average molecular weight is 332 g/mol. The van der Waals surface area contributed by atoms with Gasteiger partial charge in [-0.3, -0.25) is 0 Å². The van der Waals surface area contributed by atoms with E-state index >= 15 is 0 Å². The Morgan fingerprint density at radius 3 is 2.76 bits per heavy atom. The third kappa shape index (κ3) is 3.97. The van der Waals surface area contributed by atoms with Gasteiger partial charge in [0.2, 0.25) is 10.0 Å². The highest BCUT2D eigenvalue weighted by Crippen LogP contribution is 2.26. The minimum atomic E-state index is -3.79. The van der Waals surface area contributed by atoms with E-state index in [9.17, 15) is 12.8 Å². The van der Waals surface area contributed by atoms with Gasteiger partial charge in [0.05, 0.1) is 0 Å². The van der Waals surface area contributed by atoms with E-state index in [-0.39, 0.29) is 10.9 Å². The molecule has 0 radical (unpaired) electrons. The van der Waals surface area contributed by atoms with Gasteiger partial charge in [0.25, 0.3) is 0 Å². The number of thioether (sulfide) groups is 1. The number of sulfonamides is 1. The number of hydrogen-bond acceptors (Lipinski definition) is 4. The summed E-state index contributed by atoms with van der Waals surface area (Å²) in [4.78, 5) is 1.75. The molecule has 0 amide bonds. The first kappa shape index (κ1) is 16.7. The fourth-order valence-electron chi connectivity index (χ4n) is 2.47. The van der Waals surface area contributed by atoms with Crippen molar-refractivity contribution in [1.82, 2.24) is 9.21 Å². The smallest absolute Gasteiger partial charge is 0.246 e. The number of halogens is 1. The second kappa shape index (κ2) is 7.09. The lowest BCUT2D eigenvalue weighted by molar-refractivity contribution is 0.270. The summed E-state index contributed by atoms with van der Waals surface area (Å²) < 4.78 is 41.0. The van der Waals surface area contributed by atoms with Crippen LogP contribution in [-0.2, 0) is 10.0 Å². The molecule has 0 saturated carbocycles. The molecule has 0 aliphatic carbocycles. The predicted molar refractivity (Wildman–Crippen MR) is 84.6 cm³/mol. The molecule has 2 rings (SSSR count). The van der Waals surface area contributed by atoms with E-state index in [1.807, 2.05) is 19.0 Å². The van der Waals surface area contributed by atoms with Crippen molar-refractivity contribution in [3.63, 3.8) is 0 Å². The largest absolute Gasteiger partial charge is 0.308 e. The molecule has 1 aliphatic rings. The van der Waals surface area contributed by atoms with Gasteiger partial charge < -0.3 is 4.90 Å². The summed E-state index contributed by atoms with van der Waals surface area (Å²) in [7, 11) is 0.0477. The number of likely N-dealkylation sites (N-methyl/N-ethyl adjacent to an activating group) is 1. The van der Waals surface area contributed by atoms with Crippen LogP contribution in [0.3, 0.4) is 0 Å². The summed E-state index contributed by atoms with van der Waals surface area (Å²) in [6.45, 7) is 1.09. The minimum Gasteiger partial charge on any atom is -0.308 e. The van der Waals surface area contributed by atoms with Gasteiger partial charge in [-0.1, -0.05) is 12.1 Å². The number of rotatable bonds is 4. The zero-order valence-corrected chi connectivity index (χ0v) is 14.0. The van der Waals surface area contributed by atoms with Crippen LogP contribution in [0.2, 0.25) is 0 Å². The van der Waals surface area contributed by atoms with Crippen molar-refractivity contribution in [2.24, 2.45) is 0 Å². The van der Waals surface area contributed by atoms with Gasteiger partial charge in [0, 0.05) is 24.9 Å². The zero-order valence-electron chi connectivity index (χ0n) is 12.3. The van der Waals surface area contributed by atoms with Gasteiger partial charge in [-0.05, 0) is 38.4 Å². The Morgan fingerprint density at radius 2 is 2.10 bits per heavy atom. The fraction of sp³-hybridized carbons (Fsp3) is 0.571. The molecular formula is C14H21FN2O2S2. The van der Waals surface area contributed by atoms with Crippen LogP contribution in [0.5, 0.6) is 0 Å². The maximum absolute atomic E-state index is 13.9. The molecule has 1 saturated heterocycles. The molecule has 21 heavy (non-hydrogen) atoms. The van der Waals surface area contributed by atoms with Crippen molar-refractivity contribution in [2.45, 2.75) is 17.4 Å². The van der Waals surface area contributed by atoms with Crippen LogP contribution < -0.4 is 0 Å². The Kier molecular flexibility index (Phi) is 5.65. The Hall–Kier alpha value is -0.630. The Morgan fingerprint density at radius 1 is 1.38 bits per heavy atom. The molecule has 7 heteroatoms. The maximum atomic E-state index is 13.9. The first-order valence-corrected chi connectivity index (χ1v) is 9.51. The van der Waals surface area contributed by atoms with Crippen LogP contribution in [0.4, 0.5) is 4.39 Å². The summed E-state index contributed by atoms with van der Waals surface area (Å²) in [5.41, 5.74) is 0. The van der Waals surface area contributed by atoms with Gasteiger partial charge >= 0.3 is 0 Å². The first-order chi connectivity index (χ1) is 9.93. The van der Waals surface area contributed by atoms with Crippen molar-refractivity contribution >= 4 is 21.8 Å². The molecule has 0 spiro atoms. The van der Waals surface area contributed by atoms with Crippen molar-refractivity contribution in [3.05, 3.63) is 30.1 Å². The molecule has 1 heterocycles. The topological polar surface area (TPSA) is 40.6 Å². The van der Waals surface area contributed by atoms with Crippen molar-refractivity contribution in [3.8, 4) is 0 Å². The van der Waals surface area contributed by atoms with Crippen LogP contribution in [-0.4, -0.2) is 62.4 Å². The summed E-state index contributed by atoms with van der Waals surface area (Å²) in [5.74, 6) is 0.997. The van der Waals surface area contributed by atoms with Crippen LogP contribution in [0.1, 0.15) is 6.42 Å². The van der Waals surface area contributed by atoms with Crippen molar-refractivity contribution < 1.29 is 12.8 Å². The molecule has 1 aromatic rings. The molecule has 1 aromatic carbocycles. The second-order valence-electron chi connectivity index (χ2n) is 5.39. The summed E-state index contributed by atoms with van der Waals surface area (Å²) >= 11 is 1.76. The Labute approximate surface area is 130 Å². The minimum absolute atomic E-state index is 0.128. The highest BCUT2D eigenvalue weighted by Gasteiger charge is 2.34. The predicted octanol–water partition coefficient (Wildman–Crippen LogP) is 1.88. The maximum Gasteiger partial charge on any atom is 0.246 e. The first-order valence-electron chi connectivity index (χ1n) is 6.92. The number of nitrogens with zero attached hydrogens (tertiary/aromatic N) is 2. The SMILES string of the molecule is CN(C)CC1CSCCCN1S(=O)(=O)c1ccccc1F. The Bertz CT molecular complexity index is 578. The van der Waals surface area contributed by atoms with Gasteiger partial charge in [-0.2, -0.15) is 16.1 Å². The average Bonchev–Trinajstić information content (AvgIpc) is 2.64. The molecule has 4 nitrogen and oxygen atoms in total. The molecule has 0 aromatic heterocycles. The Balaban J connectivity index is 2.36. The zero-order chi connectivity index (χ0) is 15.5.